The zero-order valence-corrected chi connectivity index (χ0v) is 13.6. The van der Waals surface area contributed by atoms with Gasteiger partial charge in [-0.2, -0.15) is 0 Å². The first kappa shape index (κ1) is 14.1. The van der Waals surface area contributed by atoms with E-state index >= 15 is 0 Å². The Morgan fingerprint density at radius 1 is 1.21 bits per heavy atom. The van der Waals surface area contributed by atoms with Crippen molar-refractivity contribution < 1.29 is 9.21 Å². The minimum absolute atomic E-state index is 0.189. The third kappa shape index (κ3) is 2.30. The van der Waals surface area contributed by atoms with E-state index in [1.54, 1.807) is 0 Å². The summed E-state index contributed by atoms with van der Waals surface area (Å²) in [4.78, 5) is 19.4. The average Bonchev–Trinajstić information content (AvgIpc) is 3.02. The Morgan fingerprint density at radius 2 is 2.08 bits per heavy atom. The van der Waals surface area contributed by atoms with E-state index in [9.17, 15) is 4.79 Å². The molecule has 3 fully saturated rings. The summed E-state index contributed by atoms with van der Waals surface area (Å²) in [5.41, 5.74) is 2.81. The molecule has 2 heterocycles. The number of piperidine rings is 1. The Bertz CT molecular complexity index is 780. The van der Waals surface area contributed by atoms with Gasteiger partial charge in [0.05, 0.1) is 17.1 Å². The van der Waals surface area contributed by atoms with Crippen LogP contribution in [-0.2, 0) is 0 Å². The number of benzene rings is 1. The minimum atomic E-state index is -0.189. The van der Waals surface area contributed by atoms with Gasteiger partial charge in [0.25, 0.3) is 5.91 Å². The van der Waals surface area contributed by atoms with E-state index in [4.69, 9.17) is 4.42 Å². The lowest BCUT2D eigenvalue weighted by Crippen LogP contribution is -2.32. The molecule has 2 aliphatic carbocycles. The lowest BCUT2D eigenvalue weighted by atomic mass is 10.1. The molecule has 1 saturated heterocycles. The number of hydrogen-bond acceptors (Lipinski definition) is 4. The summed E-state index contributed by atoms with van der Waals surface area (Å²) in [6.45, 7) is 1.10. The van der Waals surface area contributed by atoms with Crippen LogP contribution in [0.3, 0.4) is 0 Å². The zero-order valence-electron chi connectivity index (χ0n) is 13.6. The van der Waals surface area contributed by atoms with Crippen LogP contribution < -0.4 is 10.2 Å². The van der Waals surface area contributed by atoms with Gasteiger partial charge >= 0.3 is 0 Å². The molecule has 2 aromatic rings. The number of hydrogen-bond donors (Lipinski definition) is 1. The first-order chi connectivity index (χ1) is 11.8. The molecular formula is C19H21N3O2. The molecule has 2 bridgehead atoms. The summed E-state index contributed by atoms with van der Waals surface area (Å²) >= 11 is 0. The molecule has 124 valence electrons. The van der Waals surface area contributed by atoms with Crippen molar-refractivity contribution >= 4 is 17.3 Å². The molecule has 0 radical (unpaired) electrons. The van der Waals surface area contributed by atoms with E-state index < -0.39 is 0 Å². The highest BCUT2D eigenvalue weighted by molar-refractivity contribution is 6.05. The minimum Gasteiger partial charge on any atom is -0.438 e. The van der Waals surface area contributed by atoms with E-state index in [2.05, 4.69) is 21.3 Å². The maximum Gasteiger partial charge on any atom is 0.293 e. The number of para-hydroxylation sites is 2. The molecule has 3 aliphatic rings. The van der Waals surface area contributed by atoms with Gasteiger partial charge in [0.2, 0.25) is 5.76 Å². The van der Waals surface area contributed by atoms with Crippen LogP contribution in [0.2, 0.25) is 0 Å². The molecule has 2 atom stereocenters. The van der Waals surface area contributed by atoms with Crippen LogP contribution >= 0.6 is 0 Å². The molecule has 1 aliphatic heterocycles. The van der Waals surface area contributed by atoms with Crippen LogP contribution in [-0.4, -0.2) is 23.5 Å². The van der Waals surface area contributed by atoms with Crippen molar-refractivity contribution in [1.82, 2.24) is 4.98 Å². The highest BCUT2D eigenvalue weighted by atomic mass is 16.3. The number of anilines is 2. The van der Waals surface area contributed by atoms with Crippen molar-refractivity contribution in [2.45, 2.75) is 44.1 Å². The van der Waals surface area contributed by atoms with E-state index in [0.29, 0.717) is 17.7 Å². The topological polar surface area (TPSA) is 58.4 Å². The molecule has 5 rings (SSSR count). The summed E-state index contributed by atoms with van der Waals surface area (Å²) in [6, 6.07) is 8.72. The normalized spacial score (nSPS) is 25.2. The monoisotopic (exact) mass is 323 g/mol. The van der Waals surface area contributed by atoms with Gasteiger partial charge in [0.1, 0.15) is 0 Å². The number of aromatic nitrogens is 1. The van der Waals surface area contributed by atoms with Gasteiger partial charge in [-0.15, -0.1) is 0 Å². The number of amides is 1. The molecule has 1 amide bonds. The smallest absolute Gasteiger partial charge is 0.293 e. The second-order valence-corrected chi connectivity index (χ2v) is 7.30. The van der Waals surface area contributed by atoms with Gasteiger partial charge < -0.3 is 14.6 Å². The molecule has 1 N–H and O–H groups in total. The van der Waals surface area contributed by atoms with E-state index in [-0.39, 0.29) is 5.91 Å². The lowest BCUT2D eigenvalue weighted by Gasteiger charge is -2.30. The van der Waals surface area contributed by atoms with Crippen molar-refractivity contribution in [2.75, 3.05) is 16.8 Å². The number of carbonyl (C=O) groups is 1. The average molecular weight is 323 g/mol. The fourth-order valence-corrected chi connectivity index (χ4v) is 4.30. The Balaban J connectivity index is 1.41. The van der Waals surface area contributed by atoms with Crippen molar-refractivity contribution in [3.05, 3.63) is 42.1 Å². The number of rotatable bonds is 4. The summed E-state index contributed by atoms with van der Waals surface area (Å²) in [7, 11) is 0. The fourth-order valence-electron chi connectivity index (χ4n) is 4.30. The van der Waals surface area contributed by atoms with Gasteiger partial charge in [-0.3, -0.25) is 4.79 Å². The molecule has 1 aromatic heterocycles. The van der Waals surface area contributed by atoms with Gasteiger partial charge in [-0.1, -0.05) is 12.1 Å². The molecule has 5 nitrogen and oxygen atoms in total. The largest absolute Gasteiger partial charge is 0.438 e. The highest BCUT2D eigenvalue weighted by Crippen LogP contribution is 2.43. The van der Waals surface area contributed by atoms with Gasteiger partial charge in [-0.25, -0.2) is 4.98 Å². The third-order valence-corrected chi connectivity index (χ3v) is 5.64. The summed E-state index contributed by atoms with van der Waals surface area (Å²) in [5, 5.41) is 3.06. The summed E-state index contributed by atoms with van der Waals surface area (Å²) in [5.74, 6) is 1.39. The Kier molecular flexibility index (Phi) is 3.15. The third-order valence-electron chi connectivity index (χ3n) is 5.64. The van der Waals surface area contributed by atoms with Crippen LogP contribution in [0, 0.1) is 5.92 Å². The van der Waals surface area contributed by atoms with Crippen molar-refractivity contribution in [1.29, 1.82) is 0 Å². The Hall–Kier alpha value is -2.30. The predicted molar refractivity (Wildman–Crippen MR) is 91.3 cm³/mol. The van der Waals surface area contributed by atoms with Crippen LogP contribution in [0.1, 0.15) is 54.3 Å². The number of nitrogens with zero attached hydrogens (tertiary/aromatic N) is 2. The quantitative estimate of drug-likeness (QED) is 0.930. The van der Waals surface area contributed by atoms with E-state index in [0.717, 1.165) is 42.4 Å². The maximum absolute atomic E-state index is 12.7. The standard InChI is InChI=1S/C19H21N3O2/c23-19(18-17(13-6-7-13)20-11-24-18)21-15-3-1-2-4-16(15)22-10-12-5-8-14(22)9-12/h1-4,11-14H,5-10H2,(H,21,23). The first-order valence-corrected chi connectivity index (χ1v) is 8.90. The number of nitrogens with one attached hydrogen (secondary N) is 1. The number of carbonyl (C=O) groups excluding carboxylic acids is 1. The van der Waals surface area contributed by atoms with Crippen LogP contribution in [0.25, 0.3) is 0 Å². The molecule has 24 heavy (non-hydrogen) atoms. The van der Waals surface area contributed by atoms with Crippen molar-refractivity contribution in [3.8, 4) is 0 Å². The van der Waals surface area contributed by atoms with Gasteiger partial charge in [-0.05, 0) is 50.2 Å². The van der Waals surface area contributed by atoms with E-state index in [1.165, 1.54) is 25.7 Å². The predicted octanol–water partition coefficient (Wildman–Crippen LogP) is 3.79. The summed E-state index contributed by atoms with van der Waals surface area (Å²) < 4.78 is 5.38. The highest BCUT2D eigenvalue weighted by Gasteiger charge is 2.39. The number of oxazole rings is 1. The lowest BCUT2D eigenvalue weighted by molar-refractivity contribution is 0.0995. The van der Waals surface area contributed by atoms with E-state index in [1.807, 2.05) is 18.2 Å². The van der Waals surface area contributed by atoms with Crippen LogP contribution in [0.15, 0.2) is 35.1 Å². The van der Waals surface area contributed by atoms with Gasteiger partial charge in [0, 0.05) is 18.5 Å². The molecule has 5 heteroatoms. The van der Waals surface area contributed by atoms with Crippen molar-refractivity contribution in [2.24, 2.45) is 5.92 Å². The van der Waals surface area contributed by atoms with Crippen LogP contribution in [0.4, 0.5) is 11.4 Å². The molecule has 2 saturated carbocycles. The van der Waals surface area contributed by atoms with Gasteiger partial charge in [0.15, 0.2) is 6.39 Å². The SMILES string of the molecule is O=C(Nc1ccccc1N1CC2CCC1C2)c1ocnc1C1CC1. The van der Waals surface area contributed by atoms with Crippen molar-refractivity contribution in [3.63, 3.8) is 0 Å². The molecule has 2 unspecified atom stereocenters. The molecule has 0 spiro atoms. The molecule has 1 aromatic carbocycles. The molecular weight excluding hydrogens is 302 g/mol. The summed E-state index contributed by atoms with van der Waals surface area (Å²) in [6.07, 6.45) is 7.48. The zero-order chi connectivity index (χ0) is 16.1. The van der Waals surface area contributed by atoms with Crippen LogP contribution in [0.5, 0.6) is 0 Å². The Morgan fingerprint density at radius 3 is 2.83 bits per heavy atom. The second-order valence-electron chi connectivity index (χ2n) is 7.30. The number of fused-ring (bicyclic) bond motifs is 2. The Labute approximate surface area is 141 Å². The second kappa shape index (κ2) is 5.36. The fraction of sp³-hybridized carbons (Fsp3) is 0.474. The first-order valence-electron chi connectivity index (χ1n) is 8.90. The maximum atomic E-state index is 12.7.